The van der Waals surface area contributed by atoms with E-state index in [0.29, 0.717) is 5.92 Å². The normalized spacial score (nSPS) is 18.4. The molecule has 0 spiro atoms. The Morgan fingerprint density at radius 3 is 2.89 bits per heavy atom. The maximum Gasteiger partial charge on any atom is 0.110 e. The van der Waals surface area contributed by atoms with E-state index in [0.717, 1.165) is 19.5 Å². The maximum atomic E-state index is 4.89. The molecule has 1 aliphatic heterocycles. The fourth-order valence-electron chi connectivity index (χ4n) is 3.21. The van der Waals surface area contributed by atoms with Crippen molar-refractivity contribution in [3.05, 3.63) is 39.8 Å². The molecule has 0 saturated carbocycles. The van der Waals surface area contributed by atoms with Gasteiger partial charge in [0.2, 0.25) is 0 Å². The number of fused-ring (bicyclic) bond motifs is 3. The Kier molecular flexibility index (Phi) is 2.74. The number of rotatable bonds is 1. The lowest BCUT2D eigenvalue weighted by Gasteiger charge is -2.20. The monoisotopic (exact) mass is 317 g/mol. The molecule has 2 heterocycles. The standard InChI is InChI=1S/C15H16BrN3/c16-12-3-1-2-10-11(12)8-13-14(10)19-15(18-13)9-4-6-17-7-5-9/h1-3,9,17H,4-8H2,(H,18,19). The minimum Gasteiger partial charge on any atom is -0.345 e. The van der Waals surface area contributed by atoms with Crippen molar-refractivity contribution in [2.75, 3.05) is 13.1 Å². The summed E-state index contributed by atoms with van der Waals surface area (Å²) >= 11 is 3.64. The van der Waals surface area contributed by atoms with Crippen LogP contribution in [0.4, 0.5) is 0 Å². The maximum absolute atomic E-state index is 4.89. The third-order valence-corrected chi connectivity index (χ3v) is 4.99. The summed E-state index contributed by atoms with van der Waals surface area (Å²) in [5.74, 6) is 1.79. The Morgan fingerprint density at radius 2 is 2.05 bits per heavy atom. The van der Waals surface area contributed by atoms with Crippen LogP contribution in [-0.2, 0) is 6.42 Å². The van der Waals surface area contributed by atoms with E-state index in [9.17, 15) is 0 Å². The number of imidazole rings is 1. The summed E-state index contributed by atoms with van der Waals surface area (Å²) in [7, 11) is 0. The molecule has 1 saturated heterocycles. The molecule has 1 aromatic carbocycles. The van der Waals surface area contributed by atoms with E-state index in [-0.39, 0.29) is 0 Å². The molecule has 98 valence electrons. The molecule has 0 amide bonds. The molecule has 1 aliphatic carbocycles. The number of benzene rings is 1. The van der Waals surface area contributed by atoms with Gasteiger partial charge in [-0.2, -0.15) is 0 Å². The van der Waals surface area contributed by atoms with Gasteiger partial charge in [0.05, 0.1) is 5.69 Å². The molecule has 2 aliphatic rings. The predicted octanol–water partition coefficient (Wildman–Crippen LogP) is 3.21. The fourth-order valence-corrected chi connectivity index (χ4v) is 3.71. The van der Waals surface area contributed by atoms with E-state index in [2.05, 4.69) is 44.4 Å². The van der Waals surface area contributed by atoms with E-state index in [1.165, 1.54) is 45.7 Å². The lowest BCUT2D eigenvalue weighted by molar-refractivity contribution is 0.447. The molecular weight excluding hydrogens is 302 g/mol. The zero-order chi connectivity index (χ0) is 12.8. The van der Waals surface area contributed by atoms with E-state index in [1.54, 1.807) is 0 Å². The average Bonchev–Trinajstić information content (AvgIpc) is 2.99. The third-order valence-electron chi connectivity index (χ3n) is 4.25. The fraction of sp³-hybridized carbons (Fsp3) is 0.400. The molecule has 0 radical (unpaired) electrons. The SMILES string of the molecule is Brc1cccc2c1Cc1[nH]c(C3CCNCC3)nc1-2. The molecule has 19 heavy (non-hydrogen) atoms. The number of aromatic nitrogens is 2. The predicted molar refractivity (Wildman–Crippen MR) is 79.4 cm³/mol. The number of nitrogens with zero attached hydrogens (tertiary/aromatic N) is 1. The smallest absolute Gasteiger partial charge is 0.110 e. The van der Waals surface area contributed by atoms with Gasteiger partial charge in [-0.3, -0.25) is 0 Å². The Bertz CT molecular complexity index is 626. The van der Waals surface area contributed by atoms with Crippen LogP contribution in [0.15, 0.2) is 22.7 Å². The number of nitrogens with one attached hydrogen (secondary N) is 2. The van der Waals surface area contributed by atoms with Gasteiger partial charge in [-0.15, -0.1) is 0 Å². The number of piperidine rings is 1. The zero-order valence-electron chi connectivity index (χ0n) is 10.7. The summed E-state index contributed by atoms with van der Waals surface area (Å²) in [6.45, 7) is 2.22. The number of hydrogen-bond donors (Lipinski definition) is 2. The Hall–Kier alpha value is -1.13. The van der Waals surface area contributed by atoms with Crippen molar-refractivity contribution in [3.63, 3.8) is 0 Å². The first-order valence-corrected chi connectivity index (χ1v) is 7.69. The second kappa shape index (κ2) is 4.46. The summed E-state index contributed by atoms with van der Waals surface area (Å²) < 4.78 is 1.19. The van der Waals surface area contributed by atoms with Crippen LogP contribution in [0.5, 0.6) is 0 Å². The van der Waals surface area contributed by atoms with Crippen molar-refractivity contribution in [3.8, 4) is 11.3 Å². The van der Waals surface area contributed by atoms with Crippen molar-refractivity contribution in [1.29, 1.82) is 0 Å². The van der Waals surface area contributed by atoms with Gasteiger partial charge in [0.25, 0.3) is 0 Å². The van der Waals surface area contributed by atoms with Crippen LogP contribution in [0.25, 0.3) is 11.3 Å². The summed E-state index contributed by atoms with van der Waals surface area (Å²) in [4.78, 5) is 8.47. The van der Waals surface area contributed by atoms with E-state index in [4.69, 9.17) is 4.98 Å². The van der Waals surface area contributed by atoms with Crippen LogP contribution in [-0.4, -0.2) is 23.1 Å². The van der Waals surface area contributed by atoms with Crippen LogP contribution in [0, 0.1) is 0 Å². The Labute approximate surface area is 121 Å². The molecule has 3 nitrogen and oxygen atoms in total. The number of aromatic amines is 1. The molecule has 0 bridgehead atoms. The first kappa shape index (κ1) is 11.7. The van der Waals surface area contributed by atoms with Gasteiger partial charge in [-0.05, 0) is 37.6 Å². The Balaban J connectivity index is 1.73. The van der Waals surface area contributed by atoms with Gasteiger partial charge in [-0.25, -0.2) is 4.98 Å². The zero-order valence-corrected chi connectivity index (χ0v) is 12.3. The van der Waals surface area contributed by atoms with Gasteiger partial charge in [-0.1, -0.05) is 28.1 Å². The van der Waals surface area contributed by atoms with E-state index >= 15 is 0 Å². The number of hydrogen-bond acceptors (Lipinski definition) is 2. The minimum atomic E-state index is 0.599. The molecule has 4 heteroatoms. The van der Waals surface area contributed by atoms with E-state index in [1.807, 2.05) is 0 Å². The lowest BCUT2D eigenvalue weighted by atomic mass is 9.97. The first-order chi connectivity index (χ1) is 9.33. The lowest BCUT2D eigenvalue weighted by Crippen LogP contribution is -2.27. The van der Waals surface area contributed by atoms with Crippen LogP contribution in [0.3, 0.4) is 0 Å². The third kappa shape index (κ3) is 1.85. The molecular formula is C15H16BrN3. The summed E-state index contributed by atoms with van der Waals surface area (Å²) in [5.41, 5.74) is 5.12. The van der Waals surface area contributed by atoms with E-state index < -0.39 is 0 Å². The number of H-pyrrole nitrogens is 1. The highest BCUT2D eigenvalue weighted by Gasteiger charge is 2.27. The number of halogens is 1. The first-order valence-electron chi connectivity index (χ1n) is 6.90. The van der Waals surface area contributed by atoms with Crippen molar-refractivity contribution in [2.24, 2.45) is 0 Å². The van der Waals surface area contributed by atoms with Crippen LogP contribution in [0.1, 0.15) is 35.8 Å². The minimum absolute atomic E-state index is 0.599. The van der Waals surface area contributed by atoms with Gasteiger partial charge in [0, 0.05) is 28.1 Å². The molecule has 1 aromatic heterocycles. The molecule has 1 fully saturated rings. The Morgan fingerprint density at radius 1 is 1.21 bits per heavy atom. The quantitative estimate of drug-likeness (QED) is 0.723. The van der Waals surface area contributed by atoms with Crippen LogP contribution >= 0.6 is 15.9 Å². The summed E-state index contributed by atoms with van der Waals surface area (Å²) in [6, 6.07) is 6.38. The second-order valence-electron chi connectivity index (χ2n) is 5.42. The van der Waals surface area contributed by atoms with Gasteiger partial charge in [0.1, 0.15) is 5.82 Å². The molecule has 0 atom stereocenters. The van der Waals surface area contributed by atoms with Crippen molar-refractivity contribution >= 4 is 15.9 Å². The second-order valence-corrected chi connectivity index (χ2v) is 6.27. The van der Waals surface area contributed by atoms with Crippen molar-refractivity contribution in [2.45, 2.75) is 25.2 Å². The van der Waals surface area contributed by atoms with Gasteiger partial charge < -0.3 is 10.3 Å². The average molecular weight is 318 g/mol. The molecule has 4 rings (SSSR count). The summed E-state index contributed by atoms with van der Waals surface area (Å²) in [5, 5.41) is 3.41. The molecule has 2 N–H and O–H groups in total. The van der Waals surface area contributed by atoms with Crippen molar-refractivity contribution < 1.29 is 0 Å². The van der Waals surface area contributed by atoms with Crippen LogP contribution < -0.4 is 5.32 Å². The highest BCUT2D eigenvalue weighted by molar-refractivity contribution is 9.10. The topological polar surface area (TPSA) is 40.7 Å². The molecule has 2 aromatic rings. The highest BCUT2D eigenvalue weighted by atomic mass is 79.9. The van der Waals surface area contributed by atoms with Gasteiger partial charge >= 0.3 is 0 Å². The van der Waals surface area contributed by atoms with Crippen LogP contribution in [0.2, 0.25) is 0 Å². The van der Waals surface area contributed by atoms with Gasteiger partial charge in [0.15, 0.2) is 0 Å². The summed E-state index contributed by atoms with van der Waals surface area (Å²) in [6.07, 6.45) is 3.36. The molecule has 0 unspecified atom stereocenters. The highest BCUT2D eigenvalue weighted by Crippen LogP contribution is 2.40. The largest absolute Gasteiger partial charge is 0.345 e. The van der Waals surface area contributed by atoms with Crippen molar-refractivity contribution in [1.82, 2.24) is 15.3 Å².